The SMILES string of the molecule is CCCC1CCC(N)(c2cc(F)ccc2C)CC1. The van der Waals surface area contributed by atoms with Gasteiger partial charge in [-0.25, -0.2) is 4.39 Å². The van der Waals surface area contributed by atoms with E-state index >= 15 is 0 Å². The minimum atomic E-state index is -0.309. The lowest BCUT2D eigenvalue weighted by molar-refractivity contribution is 0.225. The minimum absolute atomic E-state index is 0.170. The fraction of sp³-hybridized carbons (Fsp3) is 0.625. The highest BCUT2D eigenvalue weighted by molar-refractivity contribution is 5.33. The van der Waals surface area contributed by atoms with Crippen LogP contribution < -0.4 is 5.73 Å². The van der Waals surface area contributed by atoms with Gasteiger partial charge in [-0.15, -0.1) is 0 Å². The molecule has 2 heteroatoms. The summed E-state index contributed by atoms with van der Waals surface area (Å²) < 4.78 is 13.4. The molecule has 0 aliphatic heterocycles. The summed E-state index contributed by atoms with van der Waals surface area (Å²) in [4.78, 5) is 0. The highest BCUT2D eigenvalue weighted by Crippen LogP contribution is 2.40. The number of nitrogens with two attached hydrogens (primary N) is 1. The fourth-order valence-corrected chi connectivity index (χ4v) is 3.29. The highest BCUT2D eigenvalue weighted by atomic mass is 19.1. The summed E-state index contributed by atoms with van der Waals surface area (Å²) in [5.74, 6) is 0.650. The van der Waals surface area contributed by atoms with Crippen molar-refractivity contribution in [1.29, 1.82) is 0 Å². The van der Waals surface area contributed by atoms with E-state index in [1.807, 2.05) is 13.0 Å². The summed E-state index contributed by atoms with van der Waals surface area (Å²) in [5.41, 5.74) is 8.36. The molecule has 2 rings (SSSR count). The smallest absolute Gasteiger partial charge is 0.123 e. The summed E-state index contributed by atoms with van der Waals surface area (Å²) in [6.45, 7) is 4.27. The Hall–Kier alpha value is -0.890. The monoisotopic (exact) mass is 249 g/mol. The van der Waals surface area contributed by atoms with Crippen LogP contribution in [-0.2, 0) is 5.54 Å². The second-order valence-electron chi connectivity index (χ2n) is 5.85. The Morgan fingerprint density at radius 2 is 2.00 bits per heavy atom. The molecule has 1 aromatic carbocycles. The molecule has 1 aliphatic carbocycles. The van der Waals surface area contributed by atoms with Crippen LogP contribution in [0.15, 0.2) is 18.2 Å². The van der Waals surface area contributed by atoms with Crippen LogP contribution in [-0.4, -0.2) is 0 Å². The molecule has 18 heavy (non-hydrogen) atoms. The summed E-state index contributed by atoms with van der Waals surface area (Å²) in [5, 5.41) is 0. The van der Waals surface area contributed by atoms with Crippen LogP contribution in [0.5, 0.6) is 0 Å². The van der Waals surface area contributed by atoms with Crippen molar-refractivity contribution in [3.8, 4) is 0 Å². The first-order chi connectivity index (χ1) is 8.55. The second-order valence-corrected chi connectivity index (χ2v) is 5.85. The van der Waals surface area contributed by atoms with E-state index in [0.717, 1.165) is 29.9 Å². The first kappa shape index (κ1) is 13.5. The van der Waals surface area contributed by atoms with Crippen LogP contribution in [0.2, 0.25) is 0 Å². The van der Waals surface area contributed by atoms with Crippen LogP contribution in [0.3, 0.4) is 0 Å². The van der Waals surface area contributed by atoms with Crippen molar-refractivity contribution in [3.05, 3.63) is 35.1 Å². The van der Waals surface area contributed by atoms with E-state index in [9.17, 15) is 4.39 Å². The number of halogens is 1. The van der Waals surface area contributed by atoms with Crippen LogP contribution in [0.4, 0.5) is 4.39 Å². The topological polar surface area (TPSA) is 26.0 Å². The molecule has 100 valence electrons. The molecule has 0 saturated heterocycles. The molecule has 0 radical (unpaired) electrons. The van der Waals surface area contributed by atoms with Crippen molar-refractivity contribution in [2.24, 2.45) is 11.7 Å². The van der Waals surface area contributed by atoms with Crippen LogP contribution >= 0.6 is 0 Å². The molecular formula is C16H24FN. The first-order valence-electron chi connectivity index (χ1n) is 7.10. The van der Waals surface area contributed by atoms with Gasteiger partial charge < -0.3 is 5.73 Å². The van der Waals surface area contributed by atoms with Gasteiger partial charge in [0.2, 0.25) is 0 Å². The predicted molar refractivity (Wildman–Crippen MR) is 73.9 cm³/mol. The lowest BCUT2D eigenvalue weighted by Gasteiger charge is -2.38. The molecule has 0 bridgehead atoms. The number of hydrogen-bond acceptors (Lipinski definition) is 1. The molecule has 0 heterocycles. The van der Waals surface area contributed by atoms with Crippen molar-refractivity contribution < 1.29 is 4.39 Å². The first-order valence-corrected chi connectivity index (χ1v) is 7.10. The lowest BCUT2D eigenvalue weighted by atomic mass is 9.71. The van der Waals surface area contributed by atoms with Gasteiger partial charge in [-0.2, -0.15) is 0 Å². The van der Waals surface area contributed by atoms with Crippen molar-refractivity contribution >= 4 is 0 Å². The lowest BCUT2D eigenvalue weighted by Crippen LogP contribution is -2.41. The Bertz CT molecular complexity index is 406. The third-order valence-corrected chi connectivity index (χ3v) is 4.43. The van der Waals surface area contributed by atoms with Crippen molar-refractivity contribution in [3.63, 3.8) is 0 Å². The van der Waals surface area contributed by atoms with Gasteiger partial charge in [-0.05, 0) is 61.8 Å². The van der Waals surface area contributed by atoms with E-state index in [0.29, 0.717) is 0 Å². The molecule has 0 spiro atoms. The van der Waals surface area contributed by atoms with Gasteiger partial charge >= 0.3 is 0 Å². The Morgan fingerprint density at radius 1 is 1.33 bits per heavy atom. The van der Waals surface area contributed by atoms with Crippen molar-refractivity contribution in [1.82, 2.24) is 0 Å². The average Bonchev–Trinajstić information content (AvgIpc) is 2.36. The largest absolute Gasteiger partial charge is 0.321 e. The number of hydrogen-bond donors (Lipinski definition) is 1. The number of benzene rings is 1. The standard InChI is InChI=1S/C16H24FN/c1-3-4-13-7-9-16(18,10-8-13)15-11-14(17)6-5-12(15)2/h5-6,11,13H,3-4,7-10,18H2,1-2H3. The Morgan fingerprint density at radius 3 is 2.61 bits per heavy atom. The highest BCUT2D eigenvalue weighted by Gasteiger charge is 2.34. The summed E-state index contributed by atoms with van der Waals surface area (Å²) >= 11 is 0. The molecule has 1 fully saturated rings. The van der Waals surface area contributed by atoms with Gasteiger partial charge in [0.05, 0.1) is 0 Å². The third-order valence-electron chi connectivity index (χ3n) is 4.43. The van der Waals surface area contributed by atoms with E-state index in [4.69, 9.17) is 5.73 Å². The maximum Gasteiger partial charge on any atom is 0.123 e. The molecule has 0 aromatic heterocycles. The fourth-order valence-electron chi connectivity index (χ4n) is 3.29. The molecule has 1 aliphatic rings. The van der Waals surface area contributed by atoms with Crippen LogP contribution in [0.1, 0.15) is 56.6 Å². The van der Waals surface area contributed by atoms with Gasteiger partial charge in [-0.1, -0.05) is 25.8 Å². The van der Waals surface area contributed by atoms with E-state index in [1.165, 1.54) is 31.7 Å². The van der Waals surface area contributed by atoms with E-state index < -0.39 is 0 Å². The third kappa shape index (κ3) is 2.74. The number of rotatable bonds is 3. The second kappa shape index (κ2) is 5.40. The van der Waals surface area contributed by atoms with Gasteiger partial charge in [0.1, 0.15) is 5.82 Å². The average molecular weight is 249 g/mol. The van der Waals surface area contributed by atoms with Gasteiger partial charge in [0.15, 0.2) is 0 Å². The Kier molecular flexibility index (Phi) is 4.06. The Balaban J connectivity index is 2.15. The van der Waals surface area contributed by atoms with Crippen LogP contribution in [0, 0.1) is 18.7 Å². The molecule has 1 aromatic rings. The summed E-state index contributed by atoms with van der Waals surface area (Å²) in [6, 6.07) is 5.00. The van der Waals surface area contributed by atoms with Crippen molar-refractivity contribution in [2.75, 3.05) is 0 Å². The van der Waals surface area contributed by atoms with E-state index in [-0.39, 0.29) is 11.4 Å². The molecule has 0 atom stereocenters. The van der Waals surface area contributed by atoms with Gasteiger partial charge in [0.25, 0.3) is 0 Å². The molecule has 1 saturated carbocycles. The summed E-state index contributed by atoms with van der Waals surface area (Å²) in [6.07, 6.45) is 6.89. The van der Waals surface area contributed by atoms with E-state index in [2.05, 4.69) is 6.92 Å². The van der Waals surface area contributed by atoms with Crippen molar-refractivity contribution in [2.45, 2.75) is 57.9 Å². The number of aryl methyl sites for hydroxylation is 1. The molecule has 0 unspecified atom stereocenters. The quantitative estimate of drug-likeness (QED) is 0.850. The van der Waals surface area contributed by atoms with Gasteiger partial charge in [-0.3, -0.25) is 0 Å². The zero-order valence-corrected chi connectivity index (χ0v) is 11.5. The summed E-state index contributed by atoms with van der Waals surface area (Å²) in [7, 11) is 0. The van der Waals surface area contributed by atoms with E-state index in [1.54, 1.807) is 6.07 Å². The predicted octanol–water partition coefficient (Wildman–Crippen LogP) is 4.28. The maximum atomic E-state index is 13.4. The zero-order valence-electron chi connectivity index (χ0n) is 11.5. The zero-order chi connectivity index (χ0) is 13.2. The molecule has 1 nitrogen and oxygen atoms in total. The molecular weight excluding hydrogens is 225 g/mol. The normalized spacial score (nSPS) is 28.3. The molecule has 0 amide bonds. The molecule has 2 N–H and O–H groups in total. The minimum Gasteiger partial charge on any atom is -0.321 e. The maximum absolute atomic E-state index is 13.4. The van der Waals surface area contributed by atoms with Gasteiger partial charge in [0, 0.05) is 5.54 Å². The Labute approximate surface area is 110 Å². The van der Waals surface area contributed by atoms with Crippen LogP contribution in [0.25, 0.3) is 0 Å².